The first-order valence-electron chi connectivity index (χ1n) is 6.04. The number of nitrogens with two attached hydrogens (primary N) is 1. The van der Waals surface area contributed by atoms with Crippen LogP contribution in [0.1, 0.15) is 26.2 Å². The van der Waals surface area contributed by atoms with Crippen molar-refractivity contribution in [2.75, 3.05) is 18.1 Å². The third-order valence-electron chi connectivity index (χ3n) is 3.04. The van der Waals surface area contributed by atoms with Gasteiger partial charge in [0.2, 0.25) is 5.91 Å². The number of terminal acetylenes is 1. The molecule has 0 aliphatic carbocycles. The minimum atomic E-state index is -3.01. The standard InChI is InChI=1S/C12H20N2O3S/c1-3-7-14(12(15)5-4-10(2)13)11-6-8-18(16,17)9-11/h1,10-11H,4-9,13H2,2H3. The number of carbonyl (C=O) groups is 1. The van der Waals surface area contributed by atoms with Gasteiger partial charge in [-0.05, 0) is 19.8 Å². The van der Waals surface area contributed by atoms with Crippen LogP contribution < -0.4 is 5.73 Å². The van der Waals surface area contributed by atoms with Crippen LogP contribution in [0.3, 0.4) is 0 Å². The lowest BCUT2D eigenvalue weighted by Crippen LogP contribution is -2.41. The largest absolute Gasteiger partial charge is 0.328 e. The summed E-state index contributed by atoms with van der Waals surface area (Å²) in [7, 11) is -3.01. The van der Waals surface area contributed by atoms with Crippen molar-refractivity contribution in [3.8, 4) is 12.3 Å². The van der Waals surface area contributed by atoms with Gasteiger partial charge in [-0.25, -0.2) is 8.42 Å². The number of hydrogen-bond acceptors (Lipinski definition) is 4. The number of amides is 1. The van der Waals surface area contributed by atoms with E-state index in [2.05, 4.69) is 5.92 Å². The van der Waals surface area contributed by atoms with Crippen LogP contribution in [-0.2, 0) is 14.6 Å². The van der Waals surface area contributed by atoms with Crippen molar-refractivity contribution >= 4 is 15.7 Å². The van der Waals surface area contributed by atoms with Crippen molar-refractivity contribution < 1.29 is 13.2 Å². The Morgan fingerprint density at radius 3 is 2.72 bits per heavy atom. The van der Waals surface area contributed by atoms with Crippen LogP contribution in [-0.4, -0.2) is 49.4 Å². The quantitative estimate of drug-likeness (QED) is 0.701. The molecule has 0 spiro atoms. The van der Waals surface area contributed by atoms with Crippen molar-refractivity contribution in [3.63, 3.8) is 0 Å². The zero-order valence-corrected chi connectivity index (χ0v) is 11.4. The molecule has 1 fully saturated rings. The fraction of sp³-hybridized carbons (Fsp3) is 0.750. The molecular formula is C12H20N2O3S. The van der Waals surface area contributed by atoms with E-state index >= 15 is 0 Å². The highest BCUT2D eigenvalue weighted by Crippen LogP contribution is 2.18. The van der Waals surface area contributed by atoms with Gasteiger partial charge in [-0.15, -0.1) is 6.42 Å². The number of rotatable bonds is 5. The summed E-state index contributed by atoms with van der Waals surface area (Å²) in [5.41, 5.74) is 5.60. The lowest BCUT2D eigenvalue weighted by atomic mass is 10.1. The average Bonchev–Trinajstić information content (AvgIpc) is 2.63. The van der Waals surface area contributed by atoms with Crippen LogP contribution in [0.5, 0.6) is 0 Å². The van der Waals surface area contributed by atoms with E-state index in [4.69, 9.17) is 12.2 Å². The molecule has 1 amide bonds. The molecule has 1 heterocycles. The van der Waals surface area contributed by atoms with Gasteiger partial charge in [0.15, 0.2) is 9.84 Å². The van der Waals surface area contributed by atoms with Gasteiger partial charge in [0.1, 0.15) is 0 Å². The fourth-order valence-corrected chi connectivity index (χ4v) is 3.77. The summed E-state index contributed by atoms with van der Waals surface area (Å²) in [5.74, 6) is 2.48. The lowest BCUT2D eigenvalue weighted by Gasteiger charge is -2.26. The third-order valence-corrected chi connectivity index (χ3v) is 4.80. The van der Waals surface area contributed by atoms with Crippen molar-refractivity contribution in [1.82, 2.24) is 4.90 Å². The van der Waals surface area contributed by atoms with Gasteiger partial charge in [0, 0.05) is 18.5 Å². The number of nitrogens with zero attached hydrogens (tertiary/aromatic N) is 1. The predicted octanol–water partition coefficient (Wildman–Crippen LogP) is -0.237. The highest BCUT2D eigenvalue weighted by Gasteiger charge is 2.34. The van der Waals surface area contributed by atoms with Gasteiger partial charge in [0.05, 0.1) is 18.1 Å². The van der Waals surface area contributed by atoms with Gasteiger partial charge in [-0.3, -0.25) is 4.79 Å². The normalized spacial score (nSPS) is 23.3. The molecule has 5 nitrogen and oxygen atoms in total. The molecule has 2 atom stereocenters. The van der Waals surface area contributed by atoms with E-state index in [9.17, 15) is 13.2 Å². The van der Waals surface area contributed by atoms with Crippen molar-refractivity contribution in [2.45, 2.75) is 38.3 Å². The van der Waals surface area contributed by atoms with Gasteiger partial charge in [0.25, 0.3) is 0 Å². The van der Waals surface area contributed by atoms with Gasteiger partial charge < -0.3 is 10.6 Å². The van der Waals surface area contributed by atoms with Crippen LogP contribution in [0.15, 0.2) is 0 Å². The van der Waals surface area contributed by atoms with Crippen LogP contribution in [0, 0.1) is 12.3 Å². The Morgan fingerprint density at radius 2 is 2.28 bits per heavy atom. The first-order valence-corrected chi connectivity index (χ1v) is 7.87. The van der Waals surface area contributed by atoms with Gasteiger partial charge in [-0.1, -0.05) is 5.92 Å². The molecule has 1 aliphatic rings. The van der Waals surface area contributed by atoms with Crippen LogP contribution >= 0.6 is 0 Å². The molecule has 0 saturated carbocycles. The van der Waals surface area contributed by atoms with E-state index in [1.54, 1.807) is 0 Å². The summed E-state index contributed by atoms with van der Waals surface area (Å²) < 4.78 is 22.9. The topological polar surface area (TPSA) is 80.5 Å². The number of sulfone groups is 1. The summed E-state index contributed by atoms with van der Waals surface area (Å²) in [4.78, 5) is 13.5. The summed E-state index contributed by atoms with van der Waals surface area (Å²) in [5, 5.41) is 0. The molecular weight excluding hydrogens is 252 g/mol. The highest BCUT2D eigenvalue weighted by molar-refractivity contribution is 7.91. The Labute approximate surface area is 109 Å². The second-order valence-electron chi connectivity index (χ2n) is 4.80. The maximum atomic E-state index is 12.0. The molecule has 0 radical (unpaired) electrons. The smallest absolute Gasteiger partial charge is 0.223 e. The van der Waals surface area contributed by atoms with E-state index in [1.165, 1.54) is 4.90 Å². The summed E-state index contributed by atoms with van der Waals surface area (Å²) in [6.45, 7) is 2.00. The van der Waals surface area contributed by atoms with Gasteiger partial charge >= 0.3 is 0 Å². The van der Waals surface area contributed by atoms with Crippen LogP contribution in [0.4, 0.5) is 0 Å². The Morgan fingerprint density at radius 1 is 1.61 bits per heavy atom. The molecule has 2 N–H and O–H groups in total. The Kier molecular flexibility index (Phi) is 5.17. The molecule has 0 aromatic carbocycles. The summed E-state index contributed by atoms with van der Waals surface area (Å²) in [6, 6.07) is -0.319. The Balaban J connectivity index is 2.66. The molecule has 6 heteroatoms. The van der Waals surface area contributed by atoms with E-state index in [1.807, 2.05) is 6.92 Å². The fourth-order valence-electron chi connectivity index (χ4n) is 2.04. The molecule has 0 bridgehead atoms. The first kappa shape index (κ1) is 15.0. The van der Waals surface area contributed by atoms with E-state index < -0.39 is 9.84 Å². The predicted molar refractivity (Wildman–Crippen MR) is 70.5 cm³/mol. The maximum absolute atomic E-state index is 12.0. The summed E-state index contributed by atoms with van der Waals surface area (Å²) >= 11 is 0. The molecule has 0 aromatic heterocycles. The maximum Gasteiger partial charge on any atom is 0.223 e. The van der Waals surface area contributed by atoms with E-state index in [0.717, 1.165) is 0 Å². The zero-order valence-electron chi connectivity index (χ0n) is 10.6. The van der Waals surface area contributed by atoms with Crippen molar-refractivity contribution in [2.24, 2.45) is 5.73 Å². The van der Waals surface area contributed by atoms with Crippen LogP contribution in [0.25, 0.3) is 0 Å². The molecule has 1 saturated heterocycles. The van der Waals surface area contributed by atoms with E-state index in [0.29, 0.717) is 19.3 Å². The van der Waals surface area contributed by atoms with Crippen LogP contribution in [0.2, 0.25) is 0 Å². The number of carbonyl (C=O) groups excluding carboxylic acids is 1. The third kappa shape index (κ3) is 4.31. The van der Waals surface area contributed by atoms with Crippen molar-refractivity contribution in [3.05, 3.63) is 0 Å². The summed E-state index contributed by atoms with van der Waals surface area (Å²) in [6.07, 6.45) is 6.62. The van der Waals surface area contributed by atoms with Gasteiger partial charge in [-0.2, -0.15) is 0 Å². The molecule has 0 aromatic rings. The molecule has 102 valence electrons. The Bertz CT molecular complexity index is 437. The lowest BCUT2D eigenvalue weighted by molar-refractivity contribution is -0.132. The van der Waals surface area contributed by atoms with Crippen molar-refractivity contribution in [1.29, 1.82) is 0 Å². The second kappa shape index (κ2) is 6.21. The SMILES string of the molecule is C#CCN(C(=O)CCC(C)N)C1CCS(=O)(=O)C1. The zero-order chi connectivity index (χ0) is 13.8. The molecule has 1 aliphatic heterocycles. The van der Waals surface area contributed by atoms with E-state index in [-0.39, 0.29) is 36.0 Å². The monoisotopic (exact) mass is 272 g/mol. The minimum Gasteiger partial charge on any atom is -0.328 e. The second-order valence-corrected chi connectivity index (χ2v) is 7.03. The Hall–Kier alpha value is -1.06. The molecule has 18 heavy (non-hydrogen) atoms. The first-order chi connectivity index (χ1) is 8.35. The number of hydrogen-bond donors (Lipinski definition) is 1. The highest BCUT2D eigenvalue weighted by atomic mass is 32.2. The average molecular weight is 272 g/mol. The minimum absolute atomic E-state index is 0.0264. The molecule has 2 unspecified atom stereocenters. The molecule has 1 rings (SSSR count).